The number of rotatable bonds is 8. The number of aliphatic hydroxyl groups excluding tert-OH is 1. The van der Waals surface area contributed by atoms with Crippen molar-refractivity contribution in [3.8, 4) is 5.75 Å². The SMILES string of the molecule is C/C=C/CCNCC(O)COc1cc(C)ccc1C. The van der Waals surface area contributed by atoms with Crippen molar-refractivity contribution in [2.75, 3.05) is 19.7 Å². The normalized spacial score (nSPS) is 12.8. The lowest BCUT2D eigenvalue weighted by Crippen LogP contribution is -2.31. The van der Waals surface area contributed by atoms with Crippen LogP contribution >= 0.6 is 0 Å². The Bertz CT molecular complexity index is 402. The molecule has 0 saturated carbocycles. The number of benzene rings is 1. The van der Waals surface area contributed by atoms with Crippen LogP contribution in [0.3, 0.4) is 0 Å². The second kappa shape index (κ2) is 8.73. The van der Waals surface area contributed by atoms with Gasteiger partial charge in [0.05, 0.1) is 0 Å². The number of aliphatic hydroxyl groups is 1. The van der Waals surface area contributed by atoms with E-state index in [1.54, 1.807) is 0 Å². The van der Waals surface area contributed by atoms with Crippen LogP contribution in [0.2, 0.25) is 0 Å². The molecule has 19 heavy (non-hydrogen) atoms. The summed E-state index contributed by atoms with van der Waals surface area (Å²) in [6.45, 7) is 7.81. The fraction of sp³-hybridized carbons (Fsp3) is 0.500. The van der Waals surface area contributed by atoms with Crippen LogP contribution in [-0.2, 0) is 0 Å². The Morgan fingerprint density at radius 1 is 1.37 bits per heavy atom. The van der Waals surface area contributed by atoms with E-state index in [0.29, 0.717) is 13.2 Å². The average Bonchev–Trinajstić information content (AvgIpc) is 2.39. The molecular weight excluding hydrogens is 238 g/mol. The zero-order chi connectivity index (χ0) is 14.1. The molecule has 0 aliphatic rings. The highest BCUT2D eigenvalue weighted by Gasteiger charge is 2.06. The molecule has 0 aliphatic carbocycles. The molecule has 106 valence electrons. The average molecular weight is 263 g/mol. The van der Waals surface area contributed by atoms with Crippen LogP contribution in [0.5, 0.6) is 5.75 Å². The number of hydrogen-bond acceptors (Lipinski definition) is 3. The Labute approximate surface area is 116 Å². The maximum Gasteiger partial charge on any atom is 0.122 e. The summed E-state index contributed by atoms with van der Waals surface area (Å²) in [5.74, 6) is 0.855. The van der Waals surface area contributed by atoms with Crippen molar-refractivity contribution in [3.05, 3.63) is 41.5 Å². The molecule has 0 amide bonds. The van der Waals surface area contributed by atoms with Gasteiger partial charge in [0.1, 0.15) is 18.5 Å². The quantitative estimate of drug-likeness (QED) is 0.559. The highest BCUT2D eigenvalue weighted by atomic mass is 16.5. The Kier molecular flexibility index (Phi) is 7.23. The third-order valence-corrected chi connectivity index (χ3v) is 2.88. The third-order valence-electron chi connectivity index (χ3n) is 2.88. The first-order valence-corrected chi connectivity index (χ1v) is 6.83. The lowest BCUT2D eigenvalue weighted by atomic mass is 10.1. The number of aryl methyl sites for hydroxylation is 2. The fourth-order valence-corrected chi connectivity index (χ4v) is 1.73. The zero-order valence-corrected chi connectivity index (χ0v) is 12.1. The second-order valence-electron chi connectivity index (χ2n) is 4.80. The highest BCUT2D eigenvalue weighted by Crippen LogP contribution is 2.19. The molecule has 3 nitrogen and oxygen atoms in total. The summed E-state index contributed by atoms with van der Waals surface area (Å²) in [4.78, 5) is 0. The van der Waals surface area contributed by atoms with Crippen LogP contribution < -0.4 is 10.1 Å². The predicted octanol–water partition coefficient (Wildman–Crippen LogP) is 2.60. The number of allylic oxidation sites excluding steroid dienone is 1. The van der Waals surface area contributed by atoms with Crippen LogP contribution in [0.25, 0.3) is 0 Å². The molecule has 1 atom stereocenters. The van der Waals surface area contributed by atoms with E-state index in [0.717, 1.165) is 24.3 Å². The topological polar surface area (TPSA) is 41.5 Å². The van der Waals surface area contributed by atoms with Crippen molar-refractivity contribution in [1.29, 1.82) is 0 Å². The molecule has 0 aromatic heterocycles. The maximum atomic E-state index is 9.82. The molecule has 0 saturated heterocycles. The molecule has 0 aliphatic heterocycles. The second-order valence-corrected chi connectivity index (χ2v) is 4.80. The Morgan fingerprint density at radius 3 is 2.89 bits per heavy atom. The van der Waals surface area contributed by atoms with Crippen molar-refractivity contribution in [3.63, 3.8) is 0 Å². The van der Waals surface area contributed by atoms with E-state index < -0.39 is 6.10 Å². The maximum absolute atomic E-state index is 9.82. The van der Waals surface area contributed by atoms with Gasteiger partial charge < -0.3 is 15.2 Å². The van der Waals surface area contributed by atoms with Crippen molar-refractivity contribution in [1.82, 2.24) is 5.32 Å². The summed E-state index contributed by atoms with van der Waals surface area (Å²) in [6, 6.07) is 6.09. The van der Waals surface area contributed by atoms with E-state index >= 15 is 0 Å². The molecule has 0 bridgehead atoms. The number of hydrogen-bond donors (Lipinski definition) is 2. The highest BCUT2D eigenvalue weighted by molar-refractivity contribution is 5.35. The standard InChI is InChI=1S/C16H25NO2/c1-4-5-6-9-17-11-15(18)12-19-16-10-13(2)7-8-14(16)3/h4-5,7-8,10,15,17-18H,6,9,11-12H2,1-3H3/b5-4+. The van der Waals surface area contributed by atoms with Gasteiger partial charge in [0.2, 0.25) is 0 Å². The molecule has 3 heteroatoms. The molecule has 1 aromatic carbocycles. The predicted molar refractivity (Wildman–Crippen MR) is 79.7 cm³/mol. The van der Waals surface area contributed by atoms with Gasteiger partial charge in [0.15, 0.2) is 0 Å². The van der Waals surface area contributed by atoms with Crippen LogP contribution in [0.4, 0.5) is 0 Å². The van der Waals surface area contributed by atoms with Crippen molar-refractivity contribution < 1.29 is 9.84 Å². The van der Waals surface area contributed by atoms with E-state index in [9.17, 15) is 5.11 Å². The molecule has 2 N–H and O–H groups in total. The first-order valence-electron chi connectivity index (χ1n) is 6.83. The summed E-state index contributed by atoms with van der Waals surface area (Å²) in [5.41, 5.74) is 2.26. The largest absolute Gasteiger partial charge is 0.491 e. The van der Waals surface area contributed by atoms with Gasteiger partial charge >= 0.3 is 0 Å². The smallest absolute Gasteiger partial charge is 0.122 e. The molecule has 0 radical (unpaired) electrons. The van der Waals surface area contributed by atoms with E-state index in [1.165, 1.54) is 5.56 Å². The summed E-state index contributed by atoms with van der Waals surface area (Å²) in [7, 11) is 0. The van der Waals surface area contributed by atoms with Gasteiger partial charge in [-0.3, -0.25) is 0 Å². The number of ether oxygens (including phenoxy) is 1. The van der Waals surface area contributed by atoms with Gasteiger partial charge in [-0.25, -0.2) is 0 Å². The molecule has 1 rings (SSSR count). The number of nitrogens with one attached hydrogen (secondary N) is 1. The van der Waals surface area contributed by atoms with Gasteiger partial charge in [0.25, 0.3) is 0 Å². The van der Waals surface area contributed by atoms with Crippen molar-refractivity contribution in [2.24, 2.45) is 0 Å². The van der Waals surface area contributed by atoms with Crippen LogP contribution in [0, 0.1) is 13.8 Å². The van der Waals surface area contributed by atoms with Gasteiger partial charge in [-0.05, 0) is 50.9 Å². The fourth-order valence-electron chi connectivity index (χ4n) is 1.73. The van der Waals surface area contributed by atoms with Gasteiger partial charge in [-0.1, -0.05) is 24.3 Å². The van der Waals surface area contributed by atoms with Crippen LogP contribution in [0.1, 0.15) is 24.5 Å². The van der Waals surface area contributed by atoms with E-state index in [4.69, 9.17) is 4.74 Å². The van der Waals surface area contributed by atoms with Crippen molar-refractivity contribution in [2.45, 2.75) is 33.3 Å². The Morgan fingerprint density at radius 2 is 2.16 bits per heavy atom. The summed E-state index contributed by atoms with van der Waals surface area (Å²) in [5, 5.41) is 13.0. The zero-order valence-electron chi connectivity index (χ0n) is 12.1. The summed E-state index contributed by atoms with van der Waals surface area (Å²) >= 11 is 0. The minimum atomic E-state index is -0.481. The van der Waals surface area contributed by atoms with Gasteiger partial charge in [-0.15, -0.1) is 0 Å². The lowest BCUT2D eigenvalue weighted by Gasteiger charge is -2.14. The van der Waals surface area contributed by atoms with Crippen LogP contribution in [-0.4, -0.2) is 30.9 Å². The summed E-state index contributed by atoms with van der Waals surface area (Å²) < 4.78 is 5.65. The molecular formula is C16H25NO2. The first kappa shape index (κ1) is 15.7. The first-order chi connectivity index (χ1) is 9.13. The minimum absolute atomic E-state index is 0.320. The Balaban J connectivity index is 2.25. The Hall–Kier alpha value is -1.32. The lowest BCUT2D eigenvalue weighted by molar-refractivity contribution is 0.106. The third kappa shape index (κ3) is 6.41. The summed E-state index contributed by atoms with van der Waals surface area (Å²) in [6.07, 6.45) is 4.64. The van der Waals surface area contributed by atoms with E-state index in [1.807, 2.05) is 39.0 Å². The van der Waals surface area contributed by atoms with Gasteiger partial charge in [0, 0.05) is 6.54 Å². The molecule has 0 spiro atoms. The van der Waals surface area contributed by atoms with E-state index in [-0.39, 0.29) is 0 Å². The molecule has 1 aromatic rings. The van der Waals surface area contributed by atoms with E-state index in [2.05, 4.69) is 17.5 Å². The van der Waals surface area contributed by atoms with Crippen molar-refractivity contribution >= 4 is 0 Å². The molecule has 1 unspecified atom stereocenters. The van der Waals surface area contributed by atoms with Crippen LogP contribution in [0.15, 0.2) is 30.4 Å². The molecule has 0 fully saturated rings. The minimum Gasteiger partial charge on any atom is -0.491 e. The monoisotopic (exact) mass is 263 g/mol. The molecule has 0 heterocycles. The van der Waals surface area contributed by atoms with Gasteiger partial charge in [-0.2, -0.15) is 0 Å².